The van der Waals surface area contributed by atoms with Gasteiger partial charge in [-0.1, -0.05) is 37.9 Å². The third-order valence-corrected chi connectivity index (χ3v) is 3.85. The maximum Gasteiger partial charge on any atom is 0.130 e. The molecule has 0 aliphatic carbocycles. The van der Waals surface area contributed by atoms with Crippen LogP contribution in [0.5, 0.6) is 0 Å². The maximum absolute atomic E-state index is 13.5. The van der Waals surface area contributed by atoms with Gasteiger partial charge in [0.05, 0.1) is 6.10 Å². The highest BCUT2D eigenvalue weighted by atomic mass is 79.9. The van der Waals surface area contributed by atoms with E-state index >= 15 is 0 Å². The molecule has 0 amide bonds. The van der Waals surface area contributed by atoms with Crippen molar-refractivity contribution in [1.82, 2.24) is 0 Å². The molecule has 0 aromatic heterocycles. The Morgan fingerprint density at radius 3 is 2.53 bits per heavy atom. The van der Waals surface area contributed by atoms with Crippen molar-refractivity contribution >= 4 is 31.9 Å². The molecular formula is C10H11Br2FO2. The van der Waals surface area contributed by atoms with Crippen molar-refractivity contribution in [3.8, 4) is 0 Å². The zero-order valence-corrected chi connectivity index (χ0v) is 11.2. The Morgan fingerprint density at radius 1 is 1.40 bits per heavy atom. The van der Waals surface area contributed by atoms with Gasteiger partial charge in [-0.3, -0.25) is 0 Å². The summed E-state index contributed by atoms with van der Waals surface area (Å²) in [5.41, 5.74) is 0.911. The van der Waals surface area contributed by atoms with Crippen molar-refractivity contribution in [3.05, 3.63) is 33.5 Å². The van der Waals surface area contributed by atoms with Gasteiger partial charge in [0, 0.05) is 15.4 Å². The lowest BCUT2D eigenvalue weighted by Gasteiger charge is -2.18. The molecule has 1 aromatic carbocycles. The van der Waals surface area contributed by atoms with Gasteiger partial charge in [-0.2, -0.15) is 0 Å². The van der Waals surface area contributed by atoms with Gasteiger partial charge in [-0.25, -0.2) is 4.39 Å². The van der Waals surface area contributed by atoms with Gasteiger partial charge < -0.3 is 10.2 Å². The first-order valence-corrected chi connectivity index (χ1v) is 6.27. The molecule has 0 bridgehead atoms. The van der Waals surface area contributed by atoms with Crippen LogP contribution in [-0.2, 0) is 0 Å². The number of aryl methyl sites for hydroxylation is 1. The number of hydrogen-bond donors (Lipinski definition) is 2. The van der Waals surface area contributed by atoms with Crippen LogP contribution in [0.1, 0.15) is 17.2 Å². The fourth-order valence-corrected chi connectivity index (χ4v) is 2.14. The first kappa shape index (κ1) is 13.1. The van der Waals surface area contributed by atoms with E-state index in [9.17, 15) is 14.6 Å². The van der Waals surface area contributed by atoms with E-state index in [2.05, 4.69) is 31.9 Å². The molecule has 0 fully saturated rings. The van der Waals surface area contributed by atoms with Crippen LogP contribution in [-0.4, -0.2) is 21.6 Å². The summed E-state index contributed by atoms with van der Waals surface area (Å²) in [5.74, 6) is -0.528. The van der Waals surface area contributed by atoms with Gasteiger partial charge in [-0.05, 0) is 18.6 Å². The van der Waals surface area contributed by atoms with Crippen molar-refractivity contribution in [2.24, 2.45) is 0 Å². The summed E-state index contributed by atoms with van der Waals surface area (Å²) in [5, 5.41) is 19.3. The average Bonchev–Trinajstić information content (AvgIpc) is 2.22. The normalized spacial score (nSPS) is 15.1. The summed E-state index contributed by atoms with van der Waals surface area (Å²) in [4.78, 5) is 0. The highest BCUT2D eigenvalue weighted by molar-refractivity contribution is 9.10. The minimum Gasteiger partial charge on any atom is -0.389 e. The number of alkyl halides is 1. The van der Waals surface area contributed by atoms with Crippen LogP contribution in [0.25, 0.3) is 0 Å². The molecular weight excluding hydrogens is 331 g/mol. The van der Waals surface area contributed by atoms with Crippen molar-refractivity contribution < 1.29 is 14.6 Å². The van der Waals surface area contributed by atoms with Gasteiger partial charge in [0.2, 0.25) is 0 Å². The fourth-order valence-electron chi connectivity index (χ4n) is 1.23. The second kappa shape index (κ2) is 5.39. The quantitative estimate of drug-likeness (QED) is 0.830. The monoisotopic (exact) mass is 340 g/mol. The molecule has 0 radical (unpaired) electrons. The summed E-state index contributed by atoms with van der Waals surface area (Å²) in [6.45, 7) is 1.79. The zero-order chi connectivity index (χ0) is 11.6. The van der Waals surface area contributed by atoms with Crippen LogP contribution < -0.4 is 0 Å². The molecule has 15 heavy (non-hydrogen) atoms. The molecule has 1 aromatic rings. The third-order valence-electron chi connectivity index (χ3n) is 2.14. The molecule has 1 rings (SSSR count). The molecule has 84 valence electrons. The summed E-state index contributed by atoms with van der Waals surface area (Å²) < 4.78 is 14.0. The highest BCUT2D eigenvalue weighted by Crippen LogP contribution is 2.31. The molecule has 0 heterocycles. The van der Waals surface area contributed by atoms with E-state index in [-0.39, 0.29) is 10.9 Å². The average molecular weight is 342 g/mol. The van der Waals surface area contributed by atoms with E-state index in [4.69, 9.17) is 0 Å². The van der Waals surface area contributed by atoms with E-state index in [1.54, 1.807) is 13.0 Å². The first-order chi connectivity index (χ1) is 6.99. The summed E-state index contributed by atoms with van der Waals surface area (Å²) >= 11 is 6.24. The molecule has 2 N–H and O–H groups in total. The Kier molecular flexibility index (Phi) is 4.70. The largest absolute Gasteiger partial charge is 0.389 e. The number of halogens is 3. The van der Waals surface area contributed by atoms with Gasteiger partial charge in [0.15, 0.2) is 0 Å². The number of benzene rings is 1. The van der Waals surface area contributed by atoms with E-state index in [0.717, 1.165) is 5.56 Å². The van der Waals surface area contributed by atoms with Crippen molar-refractivity contribution in [1.29, 1.82) is 0 Å². The number of rotatable bonds is 3. The van der Waals surface area contributed by atoms with Crippen LogP contribution in [0.2, 0.25) is 0 Å². The Balaban J connectivity index is 3.18. The molecule has 0 aliphatic rings. The smallest absolute Gasteiger partial charge is 0.130 e. The number of aliphatic hydroxyl groups excluding tert-OH is 2. The topological polar surface area (TPSA) is 40.5 Å². The first-order valence-electron chi connectivity index (χ1n) is 4.35. The Labute approximate surface area is 104 Å². The molecule has 2 atom stereocenters. The van der Waals surface area contributed by atoms with Crippen molar-refractivity contribution in [2.45, 2.75) is 19.1 Å². The lowest BCUT2D eigenvalue weighted by Crippen LogP contribution is -2.21. The minimum absolute atomic E-state index is 0.0990. The number of aliphatic hydroxyl groups is 2. The summed E-state index contributed by atoms with van der Waals surface area (Å²) in [7, 11) is 0. The lowest BCUT2D eigenvalue weighted by molar-refractivity contribution is 0.0315. The van der Waals surface area contributed by atoms with Crippen LogP contribution in [0, 0.1) is 12.7 Å². The van der Waals surface area contributed by atoms with E-state index in [1.165, 1.54) is 6.07 Å². The third kappa shape index (κ3) is 2.78. The molecule has 0 aliphatic heterocycles. The van der Waals surface area contributed by atoms with Crippen LogP contribution >= 0.6 is 31.9 Å². The van der Waals surface area contributed by atoms with Crippen molar-refractivity contribution in [2.75, 3.05) is 5.33 Å². The second-order valence-electron chi connectivity index (χ2n) is 3.26. The van der Waals surface area contributed by atoms with Crippen LogP contribution in [0.3, 0.4) is 0 Å². The predicted octanol–water partition coefficient (Wildman–Crippen LogP) is 2.69. The second-order valence-corrected chi connectivity index (χ2v) is 4.70. The molecule has 2 nitrogen and oxygen atoms in total. The van der Waals surface area contributed by atoms with E-state index in [0.29, 0.717) is 4.47 Å². The zero-order valence-electron chi connectivity index (χ0n) is 8.04. The standard InChI is InChI=1S/C10H11Br2FO2/c1-5-2-3-6(13)8(9(5)12)10(15)7(14)4-11/h2-3,7,10,14-15H,4H2,1H3. The van der Waals surface area contributed by atoms with Crippen LogP contribution in [0.15, 0.2) is 16.6 Å². The molecule has 0 saturated heterocycles. The van der Waals surface area contributed by atoms with Gasteiger partial charge >= 0.3 is 0 Å². The number of hydrogen-bond acceptors (Lipinski definition) is 2. The Morgan fingerprint density at radius 2 is 2.00 bits per heavy atom. The van der Waals surface area contributed by atoms with E-state index in [1.807, 2.05) is 0 Å². The Bertz CT molecular complexity index is 358. The van der Waals surface area contributed by atoms with Crippen LogP contribution in [0.4, 0.5) is 4.39 Å². The summed E-state index contributed by atoms with van der Waals surface area (Å²) in [6, 6.07) is 2.88. The highest BCUT2D eigenvalue weighted by Gasteiger charge is 2.23. The molecule has 0 spiro atoms. The van der Waals surface area contributed by atoms with Gasteiger partial charge in [-0.15, -0.1) is 0 Å². The van der Waals surface area contributed by atoms with E-state index < -0.39 is 18.0 Å². The molecule has 2 unspecified atom stereocenters. The predicted molar refractivity (Wildman–Crippen MR) is 63.6 cm³/mol. The van der Waals surface area contributed by atoms with Crippen molar-refractivity contribution in [3.63, 3.8) is 0 Å². The fraction of sp³-hybridized carbons (Fsp3) is 0.400. The SMILES string of the molecule is Cc1ccc(F)c(C(O)C(O)CBr)c1Br. The molecule has 5 heteroatoms. The lowest BCUT2D eigenvalue weighted by atomic mass is 10.0. The maximum atomic E-state index is 13.5. The summed E-state index contributed by atoms with van der Waals surface area (Å²) in [6.07, 6.45) is -2.27. The molecule has 0 saturated carbocycles. The minimum atomic E-state index is -1.24. The van der Waals surface area contributed by atoms with Gasteiger partial charge in [0.1, 0.15) is 11.9 Å². The van der Waals surface area contributed by atoms with Gasteiger partial charge in [0.25, 0.3) is 0 Å². The Hall–Kier alpha value is 0.0300.